The van der Waals surface area contributed by atoms with Gasteiger partial charge in [0, 0.05) is 49.7 Å². The van der Waals surface area contributed by atoms with Gasteiger partial charge in [-0.1, -0.05) is 48.0 Å². The van der Waals surface area contributed by atoms with E-state index in [-0.39, 0.29) is 23.8 Å². The molecular weight excluding hydrogens is 500 g/mol. The summed E-state index contributed by atoms with van der Waals surface area (Å²) < 4.78 is 5.28. The number of amides is 1. The van der Waals surface area contributed by atoms with Crippen LogP contribution in [0.1, 0.15) is 67.2 Å². The van der Waals surface area contributed by atoms with Gasteiger partial charge < -0.3 is 25.6 Å². The van der Waals surface area contributed by atoms with Crippen LogP contribution in [0.3, 0.4) is 0 Å². The zero-order valence-corrected chi connectivity index (χ0v) is 23.5. The van der Waals surface area contributed by atoms with Crippen LogP contribution in [0.15, 0.2) is 42.5 Å². The van der Waals surface area contributed by atoms with Crippen molar-refractivity contribution in [3.8, 4) is 0 Å². The number of likely N-dealkylation sites (tertiary alicyclic amines) is 1. The van der Waals surface area contributed by atoms with Crippen molar-refractivity contribution in [1.29, 1.82) is 0 Å². The van der Waals surface area contributed by atoms with E-state index in [1.54, 1.807) is 7.11 Å². The summed E-state index contributed by atoms with van der Waals surface area (Å²) in [4.78, 5) is 15.3. The summed E-state index contributed by atoms with van der Waals surface area (Å²) in [5.74, 6) is -0.331. The fourth-order valence-electron chi connectivity index (χ4n) is 6.42. The summed E-state index contributed by atoms with van der Waals surface area (Å²) in [6.07, 6.45) is 4.80. The number of carbonyl (C=O) groups is 1. The largest absolute Gasteiger partial charge is 0.391 e. The summed E-state index contributed by atoms with van der Waals surface area (Å²) in [7, 11) is 1.69. The molecule has 0 bridgehead atoms. The maximum Gasteiger partial charge on any atom is 0.225 e. The first-order valence-electron chi connectivity index (χ1n) is 14.0. The number of carbonyl (C=O) groups excluding carboxylic acids is 1. The molecule has 4 N–H and O–H groups in total. The van der Waals surface area contributed by atoms with Crippen molar-refractivity contribution in [2.24, 2.45) is 17.6 Å². The lowest BCUT2D eigenvalue weighted by atomic mass is 9.72. The van der Waals surface area contributed by atoms with Gasteiger partial charge in [-0.25, -0.2) is 0 Å². The standard InChI is InChI=1S/C31H43ClN2O4/c1-21-9-3-4-10-22(21)17-25-26(12-7-13-27(25)32)31(37,14-5-6-16-38-2)24-11-8-15-34(20-24)30(36)23-18-28(33)29(35)19-23/h3-4,7,9-10,12-13,23-24,28-29,35,37H,5-6,8,11,14-20,33H2,1-2H3/t23-,24+,28+,29-,31-/m0/s1. The number of nitrogens with two attached hydrogens (primary N) is 1. The highest BCUT2D eigenvalue weighted by Gasteiger charge is 2.44. The lowest BCUT2D eigenvalue weighted by Gasteiger charge is -2.44. The Hall–Kier alpha value is -1.96. The Bertz CT molecular complexity index is 1090. The van der Waals surface area contributed by atoms with Crippen molar-refractivity contribution in [3.05, 3.63) is 69.7 Å². The minimum absolute atomic E-state index is 0.0506. The highest BCUT2D eigenvalue weighted by Crippen LogP contribution is 2.43. The molecule has 0 unspecified atom stereocenters. The van der Waals surface area contributed by atoms with Crippen molar-refractivity contribution in [1.82, 2.24) is 4.90 Å². The lowest BCUT2D eigenvalue weighted by Crippen LogP contribution is -2.49. The molecule has 5 atom stereocenters. The predicted molar refractivity (Wildman–Crippen MR) is 151 cm³/mol. The van der Waals surface area contributed by atoms with Gasteiger partial charge in [-0.3, -0.25) is 4.79 Å². The molecule has 0 aromatic heterocycles. The molecule has 208 valence electrons. The Morgan fingerprint density at radius 1 is 1.18 bits per heavy atom. The molecule has 1 saturated heterocycles. The number of ether oxygens (including phenoxy) is 1. The molecule has 7 heteroatoms. The van der Waals surface area contributed by atoms with Gasteiger partial charge in [0.05, 0.1) is 11.7 Å². The molecule has 1 amide bonds. The van der Waals surface area contributed by atoms with E-state index in [9.17, 15) is 15.0 Å². The average Bonchev–Trinajstić information content (AvgIpc) is 3.26. The van der Waals surface area contributed by atoms with Crippen LogP contribution in [0.25, 0.3) is 0 Å². The fourth-order valence-corrected chi connectivity index (χ4v) is 6.66. The van der Waals surface area contributed by atoms with Crippen LogP contribution in [0.2, 0.25) is 5.02 Å². The zero-order chi connectivity index (χ0) is 27.3. The summed E-state index contributed by atoms with van der Waals surface area (Å²) in [6, 6.07) is 13.8. The third kappa shape index (κ3) is 6.43. The number of aliphatic hydroxyl groups excluding tert-OH is 1. The number of nitrogens with zero attached hydrogens (tertiary/aromatic N) is 1. The van der Waals surface area contributed by atoms with Crippen LogP contribution in [0, 0.1) is 18.8 Å². The fraction of sp³-hybridized carbons (Fsp3) is 0.581. The second-order valence-corrected chi connectivity index (χ2v) is 11.7. The number of methoxy groups -OCH3 is 1. The van der Waals surface area contributed by atoms with Crippen LogP contribution in [-0.2, 0) is 21.6 Å². The molecule has 2 fully saturated rings. The Labute approximate surface area is 232 Å². The van der Waals surface area contributed by atoms with Crippen LogP contribution in [0.4, 0.5) is 0 Å². The van der Waals surface area contributed by atoms with Gasteiger partial charge in [0.2, 0.25) is 5.91 Å². The number of aliphatic hydroxyl groups is 2. The number of hydrogen-bond acceptors (Lipinski definition) is 5. The van der Waals surface area contributed by atoms with Crippen molar-refractivity contribution >= 4 is 17.5 Å². The normalized spacial score (nSPS) is 25.4. The van der Waals surface area contributed by atoms with Crippen LogP contribution in [-0.4, -0.2) is 60.0 Å². The summed E-state index contributed by atoms with van der Waals surface area (Å²) in [5, 5.41) is 23.4. The Kier molecular flexibility index (Phi) is 9.88. The van der Waals surface area contributed by atoms with Crippen molar-refractivity contribution in [2.75, 3.05) is 26.8 Å². The monoisotopic (exact) mass is 542 g/mol. The third-order valence-electron chi connectivity index (χ3n) is 8.70. The number of halogens is 1. The van der Waals surface area contributed by atoms with E-state index in [2.05, 4.69) is 19.1 Å². The van der Waals surface area contributed by atoms with E-state index >= 15 is 0 Å². The number of unbranched alkanes of at least 4 members (excludes halogenated alkanes) is 1. The summed E-state index contributed by atoms with van der Waals surface area (Å²) >= 11 is 6.82. The Balaban J connectivity index is 1.65. The van der Waals surface area contributed by atoms with Crippen molar-refractivity contribution < 1.29 is 19.7 Å². The maximum absolute atomic E-state index is 13.4. The van der Waals surface area contributed by atoms with Gasteiger partial charge in [-0.2, -0.15) is 0 Å². The lowest BCUT2D eigenvalue weighted by molar-refractivity contribution is -0.141. The van der Waals surface area contributed by atoms with Gasteiger partial charge in [-0.15, -0.1) is 0 Å². The van der Waals surface area contributed by atoms with E-state index in [1.165, 1.54) is 11.1 Å². The number of aryl methyl sites for hydroxylation is 1. The summed E-state index contributed by atoms with van der Waals surface area (Å²) in [5.41, 5.74) is 9.05. The number of piperidine rings is 1. The number of rotatable bonds is 10. The summed E-state index contributed by atoms with van der Waals surface area (Å²) in [6.45, 7) is 3.89. The molecule has 2 aromatic carbocycles. The predicted octanol–water partition coefficient (Wildman–Crippen LogP) is 4.58. The molecule has 0 radical (unpaired) electrons. The highest BCUT2D eigenvalue weighted by molar-refractivity contribution is 6.31. The van der Waals surface area contributed by atoms with Gasteiger partial charge in [-0.05, 0) is 86.6 Å². The van der Waals surface area contributed by atoms with Crippen molar-refractivity contribution in [3.63, 3.8) is 0 Å². The molecular formula is C31H43ClN2O4. The minimum atomic E-state index is -1.14. The molecule has 2 aliphatic rings. The van der Waals surface area contributed by atoms with Gasteiger partial charge in [0.25, 0.3) is 0 Å². The van der Waals surface area contributed by atoms with E-state index in [1.807, 2.05) is 35.2 Å². The number of hydrogen-bond donors (Lipinski definition) is 3. The SMILES string of the molecule is COCCCC[C@@](O)(c1cccc(Cl)c1Cc1ccccc1C)[C@@H]1CCCN(C(=O)[C@H]2C[C@@H](N)[C@@H](O)C2)C1. The first-order valence-corrected chi connectivity index (χ1v) is 14.4. The zero-order valence-electron chi connectivity index (χ0n) is 22.7. The van der Waals surface area contributed by atoms with E-state index in [0.29, 0.717) is 50.4 Å². The number of benzene rings is 2. The third-order valence-corrected chi connectivity index (χ3v) is 9.06. The highest BCUT2D eigenvalue weighted by atomic mass is 35.5. The van der Waals surface area contributed by atoms with Crippen molar-refractivity contribution in [2.45, 2.75) is 76.0 Å². The molecule has 4 rings (SSSR count). The second kappa shape index (κ2) is 12.9. The molecule has 0 spiro atoms. The molecule has 2 aromatic rings. The van der Waals surface area contributed by atoms with Crippen LogP contribution < -0.4 is 5.73 Å². The van der Waals surface area contributed by atoms with E-state index in [0.717, 1.165) is 36.8 Å². The van der Waals surface area contributed by atoms with Gasteiger partial charge in [0.1, 0.15) is 0 Å². The molecule has 38 heavy (non-hydrogen) atoms. The van der Waals surface area contributed by atoms with Crippen LogP contribution in [0.5, 0.6) is 0 Å². The van der Waals surface area contributed by atoms with Gasteiger partial charge in [0.15, 0.2) is 0 Å². The first-order chi connectivity index (χ1) is 18.2. The quantitative estimate of drug-likeness (QED) is 0.382. The Morgan fingerprint density at radius 3 is 2.68 bits per heavy atom. The van der Waals surface area contributed by atoms with E-state index < -0.39 is 11.7 Å². The molecule has 1 aliphatic heterocycles. The van der Waals surface area contributed by atoms with E-state index in [4.69, 9.17) is 22.1 Å². The topological polar surface area (TPSA) is 96.0 Å². The molecule has 1 aliphatic carbocycles. The molecule has 6 nitrogen and oxygen atoms in total. The first kappa shape index (κ1) is 29.0. The van der Waals surface area contributed by atoms with Gasteiger partial charge >= 0.3 is 0 Å². The maximum atomic E-state index is 13.4. The Morgan fingerprint density at radius 2 is 1.97 bits per heavy atom. The molecule has 1 heterocycles. The smallest absolute Gasteiger partial charge is 0.225 e. The minimum Gasteiger partial charge on any atom is -0.391 e. The second-order valence-electron chi connectivity index (χ2n) is 11.3. The molecule has 1 saturated carbocycles. The van der Waals surface area contributed by atoms with Crippen LogP contribution >= 0.6 is 11.6 Å². The average molecular weight is 543 g/mol.